The second-order valence-corrected chi connectivity index (χ2v) is 6.52. The topological polar surface area (TPSA) is 76.3 Å². The standard InChI is InChI=1S/C15H19N3O2S/c1-3-18(14-7-4-12(2)5-8-14)21(19,20)15-9-6-13(10-16)11-17-15/h4-9,11H,3,10,16H2,1-2H3. The van der Waals surface area contributed by atoms with Crippen LogP contribution in [0.15, 0.2) is 47.6 Å². The lowest BCUT2D eigenvalue weighted by Crippen LogP contribution is -2.31. The predicted octanol–water partition coefficient (Wildman–Crippen LogP) is 2.06. The summed E-state index contributed by atoms with van der Waals surface area (Å²) in [6, 6.07) is 10.5. The quantitative estimate of drug-likeness (QED) is 0.917. The van der Waals surface area contributed by atoms with Gasteiger partial charge in [0, 0.05) is 19.3 Å². The molecule has 0 saturated heterocycles. The van der Waals surface area contributed by atoms with Gasteiger partial charge in [-0.05, 0) is 37.6 Å². The van der Waals surface area contributed by atoms with E-state index in [9.17, 15) is 8.42 Å². The molecule has 1 aromatic heterocycles. The zero-order valence-corrected chi connectivity index (χ0v) is 13.0. The van der Waals surface area contributed by atoms with Crippen LogP contribution >= 0.6 is 0 Å². The zero-order valence-electron chi connectivity index (χ0n) is 12.2. The van der Waals surface area contributed by atoms with E-state index >= 15 is 0 Å². The van der Waals surface area contributed by atoms with Crippen LogP contribution in [-0.4, -0.2) is 19.9 Å². The maximum atomic E-state index is 12.7. The highest BCUT2D eigenvalue weighted by molar-refractivity contribution is 7.92. The summed E-state index contributed by atoms with van der Waals surface area (Å²) in [4.78, 5) is 4.02. The van der Waals surface area contributed by atoms with Gasteiger partial charge in [-0.25, -0.2) is 4.98 Å². The Kier molecular flexibility index (Phi) is 4.59. The van der Waals surface area contributed by atoms with Crippen molar-refractivity contribution >= 4 is 15.7 Å². The molecular formula is C15H19N3O2S. The number of hydrogen-bond donors (Lipinski definition) is 1. The average Bonchev–Trinajstić information content (AvgIpc) is 2.50. The van der Waals surface area contributed by atoms with Gasteiger partial charge < -0.3 is 5.73 Å². The number of rotatable bonds is 5. The minimum Gasteiger partial charge on any atom is -0.326 e. The molecule has 21 heavy (non-hydrogen) atoms. The molecule has 0 aliphatic rings. The number of aromatic nitrogens is 1. The molecule has 0 fully saturated rings. The van der Waals surface area contributed by atoms with Gasteiger partial charge in [0.15, 0.2) is 5.03 Å². The molecule has 0 bridgehead atoms. The second kappa shape index (κ2) is 6.24. The van der Waals surface area contributed by atoms with E-state index < -0.39 is 10.0 Å². The number of nitrogens with two attached hydrogens (primary N) is 1. The molecule has 0 spiro atoms. The molecule has 0 aliphatic heterocycles. The van der Waals surface area contributed by atoms with Crippen molar-refractivity contribution in [3.63, 3.8) is 0 Å². The van der Waals surface area contributed by atoms with Crippen LogP contribution in [-0.2, 0) is 16.6 Å². The smallest absolute Gasteiger partial charge is 0.281 e. The number of nitrogens with zero attached hydrogens (tertiary/aromatic N) is 2. The highest BCUT2D eigenvalue weighted by Gasteiger charge is 2.24. The lowest BCUT2D eigenvalue weighted by Gasteiger charge is -2.22. The fraction of sp³-hybridized carbons (Fsp3) is 0.267. The summed E-state index contributed by atoms with van der Waals surface area (Å²) in [5.41, 5.74) is 8.01. The van der Waals surface area contributed by atoms with Crippen LogP contribution in [0.4, 0.5) is 5.69 Å². The molecule has 112 valence electrons. The molecule has 5 nitrogen and oxygen atoms in total. The van der Waals surface area contributed by atoms with Gasteiger partial charge in [-0.15, -0.1) is 0 Å². The van der Waals surface area contributed by atoms with Crippen molar-refractivity contribution in [1.82, 2.24) is 4.98 Å². The molecule has 1 aromatic carbocycles. The van der Waals surface area contributed by atoms with Crippen LogP contribution in [0.5, 0.6) is 0 Å². The number of benzene rings is 1. The van der Waals surface area contributed by atoms with E-state index in [2.05, 4.69) is 4.98 Å². The molecule has 1 heterocycles. The van der Waals surface area contributed by atoms with Gasteiger partial charge in [-0.1, -0.05) is 23.8 Å². The summed E-state index contributed by atoms with van der Waals surface area (Å²) in [5, 5.41) is 0.0297. The van der Waals surface area contributed by atoms with Crippen LogP contribution in [0.3, 0.4) is 0 Å². The van der Waals surface area contributed by atoms with Gasteiger partial charge >= 0.3 is 0 Å². The molecule has 2 N–H and O–H groups in total. The van der Waals surface area contributed by atoms with Crippen LogP contribution < -0.4 is 10.0 Å². The molecule has 2 aromatic rings. The molecule has 0 radical (unpaired) electrons. The van der Waals surface area contributed by atoms with Crippen molar-refractivity contribution < 1.29 is 8.42 Å². The second-order valence-electron chi connectivity index (χ2n) is 4.71. The van der Waals surface area contributed by atoms with E-state index in [1.807, 2.05) is 19.1 Å². The minimum absolute atomic E-state index is 0.0297. The lowest BCUT2D eigenvalue weighted by atomic mass is 10.2. The summed E-state index contributed by atoms with van der Waals surface area (Å²) in [6.45, 7) is 4.43. The van der Waals surface area contributed by atoms with Crippen molar-refractivity contribution in [2.75, 3.05) is 10.8 Å². The highest BCUT2D eigenvalue weighted by Crippen LogP contribution is 2.22. The Hall–Kier alpha value is -1.92. The molecule has 2 rings (SSSR count). The van der Waals surface area contributed by atoms with Gasteiger partial charge in [0.1, 0.15) is 0 Å². The Morgan fingerprint density at radius 2 is 1.81 bits per heavy atom. The number of pyridine rings is 1. The third kappa shape index (κ3) is 3.22. The van der Waals surface area contributed by atoms with E-state index in [1.54, 1.807) is 25.1 Å². The van der Waals surface area contributed by atoms with Crippen molar-refractivity contribution in [3.8, 4) is 0 Å². The van der Waals surface area contributed by atoms with Crippen molar-refractivity contribution in [1.29, 1.82) is 0 Å². The summed E-state index contributed by atoms with van der Waals surface area (Å²) >= 11 is 0. The fourth-order valence-electron chi connectivity index (χ4n) is 2.00. The Balaban J connectivity index is 2.41. The minimum atomic E-state index is -3.66. The number of hydrogen-bond acceptors (Lipinski definition) is 4. The van der Waals surface area contributed by atoms with Crippen molar-refractivity contribution in [2.24, 2.45) is 5.73 Å². The largest absolute Gasteiger partial charge is 0.326 e. The molecule has 0 saturated carbocycles. The van der Waals surface area contributed by atoms with E-state index in [0.29, 0.717) is 18.8 Å². The van der Waals surface area contributed by atoms with Crippen LogP contribution in [0.2, 0.25) is 0 Å². The number of sulfonamides is 1. The van der Waals surface area contributed by atoms with Gasteiger partial charge in [-0.3, -0.25) is 4.31 Å². The van der Waals surface area contributed by atoms with Gasteiger partial charge in [-0.2, -0.15) is 8.42 Å². The molecule has 0 amide bonds. The van der Waals surface area contributed by atoms with Crippen LogP contribution in [0, 0.1) is 6.92 Å². The monoisotopic (exact) mass is 305 g/mol. The first kappa shape index (κ1) is 15.5. The average molecular weight is 305 g/mol. The fourth-order valence-corrected chi connectivity index (χ4v) is 3.39. The van der Waals surface area contributed by atoms with Crippen LogP contribution in [0.25, 0.3) is 0 Å². The Labute approximate surface area is 125 Å². The normalized spacial score (nSPS) is 11.4. The van der Waals surface area contributed by atoms with Gasteiger partial charge in [0.2, 0.25) is 0 Å². The molecule has 0 atom stereocenters. The first-order valence-electron chi connectivity index (χ1n) is 6.73. The van der Waals surface area contributed by atoms with Gasteiger partial charge in [0.25, 0.3) is 10.0 Å². The lowest BCUT2D eigenvalue weighted by molar-refractivity contribution is 0.588. The summed E-state index contributed by atoms with van der Waals surface area (Å²) in [5.74, 6) is 0. The summed E-state index contributed by atoms with van der Waals surface area (Å²) in [6.07, 6.45) is 1.50. The maximum Gasteiger partial charge on any atom is 0.281 e. The number of aryl methyl sites for hydroxylation is 1. The Bertz CT molecular complexity index is 695. The van der Waals surface area contributed by atoms with E-state index in [0.717, 1.165) is 11.1 Å². The summed E-state index contributed by atoms with van der Waals surface area (Å²) in [7, 11) is -3.66. The van der Waals surface area contributed by atoms with E-state index in [4.69, 9.17) is 5.73 Å². The molecular weight excluding hydrogens is 286 g/mol. The summed E-state index contributed by atoms with van der Waals surface area (Å²) < 4.78 is 26.7. The SMILES string of the molecule is CCN(c1ccc(C)cc1)S(=O)(=O)c1ccc(CN)cn1. The third-order valence-corrected chi connectivity index (χ3v) is 5.02. The maximum absolute atomic E-state index is 12.7. The first-order valence-corrected chi connectivity index (χ1v) is 8.17. The highest BCUT2D eigenvalue weighted by atomic mass is 32.2. The molecule has 0 aliphatic carbocycles. The van der Waals surface area contributed by atoms with E-state index in [1.165, 1.54) is 16.6 Å². The Morgan fingerprint density at radius 1 is 1.14 bits per heavy atom. The van der Waals surface area contributed by atoms with Gasteiger partial charge in [0.05, 0.1) is 5.69 Å². The van der Waals surface area contributed by atoms with Crippen molar-refractivity contribution in [2.45, 2.75) is 25.4 Å². The van der Waals surface area contributed by atoms with Crippen molar-refractivity contribution in [3.05, 3.63) is 53.7 Å². The molecule has 0 unspecified atom stereocenters. The zero-order chi connectivity index (χ0) is 15.5. The first-order chi connectivity index (χ1) is 9.98. The third-order valence-electron chi connectivity index (χ3n) is 3.20. The molecule has 6 heteroatoms. The van der Waals surface area contributed by atoms with Crippen LogP contribution in [0.1, 0.15) is 18.1 Å². The van der Waals surface area contributed by atoms with E-state index in [-0.39, 0.29) is 5.03 Å². The Morgan fingerprint density at radius 3 is 2.29 bits per heavy atom. The number of anilines is 1. The predicted molar refractivity (Wildman–Crippen MR) is 83.5 cm³/mol.